The van der Waals surface area contributed by atoms with Gasteiger partial charge in [0.05, 0.1) is 4.90 Å². The Morgan fingerprint density at radius 3 is 2.52 bits per heavy atom. The van der Waals surface area contributed by atoms with Gasteiger partial charge in [-0.05, 0) is 76.4 Å². The molecule has 0 saturated heterocycles. The molecule has 1 heterocycles. The van der Waals surface area contributed by atoms with Gasteiger partial charge in [0.2, 0.25) is 10.0 Å². The highest BCUT2D eigenvalue weighted by atomic mass is 32.2. The summed E-state index contributed by atoms with van der Waals surface area (Å²) in [6.45, 7) is 11.2. The Balaban J connectivity index is 1.87. The Bertz CT molecular complexity index is 1040. The molecule has 0 bridgehead atoms. The molecular formula is C22H29N3O3S. The van der Waals surface area contributed by atoms with Crippen LogP contribution in [0.5, 0.6) is 0 Å². The summed E-state index contributed by atoms with van der Waals surface area (Å²) in [4.78, 5) is 15.3. The number of carbonyl (C=O) groups excluding carboxylic acids is 1. The number of likely N-dealkylation sites (N-methyl/N-ethyl adjacent to an activating group) is 1. The molecule has 3 rings (SSSR count). The van der Waals surface area contributed by atoms with E-state index in [-0.39, 0.29) is 10.8 Å². The number of fused-ring (bicyclic) bond motifs is 1. The number of nitrogens with one attached hydrogen (secondary N) is 2. The summed E-state index contributed by atoms with van der Waals surface area (Å²) in [5.41, 5.74) is 3.58. The van der Waals surface area contributed by atoms with Gasteiger partial charge in [-0.2, -0.15) is 0 Å². The fraction of sp³-hybridized carbons (Fsp3) is 0.409. The number of amides is 1. The van der Waals surface area contributed by atoms with Gasteiger partial charge >= 0.3 is 0 Å². The van der Waals surface area contributed by atoms with Gasteiger partial charge in [-0.25, -0.2) is 13.1 Å². The molecule has 156 valence electrons. The molecule has 0 unspecified atom stereocenters. The predicted molar refractivity (Wildman–Crippen MR) is 117 cm³/mol. The lowest BCUT2D eigenvalue weighted by molar-refractivity contribution is 0.102. The smallest absolute Gasteiger partial charge is 0.255 e. The summed E-state index contributed by atoms with van der Waals surface area (Å²) in [7, 11) is -3.72. The average Bonchev–Trinajstić information content (AvgIpc) is 3.02. The SMILES string of the molecule is CCN1CCc2ccc(NC(=O)c3cc(S(=O)(=O)NC(C)(C)C)ccc3C)cc21. The van der Waals surface area contributed by atoms with E-state index in [4.69, 9.17) is 0 Å². The monoisotopic (exact) mass is 415 g/mol. The van der Waals surface area contributed by atoms with Gasteiger partial charge in [-0.1, -0.05) is 12.1 Å². The van der Waals surface area contributed by atoms with Gasteiger partial charge < -0.3 is 10.2 Å². The minimum absolute atomic E-state index is 0.0780. The predicted octanol–water partition coefficient (Wildman–Crippen LogP) is 3.71. The number of carbonyl (C=O) groups is 1. The van der Waals surface area contributed by atoms with Crippen LogP contribution in [0.4, 0.5) is 11.4 Å². The minimum atomic E-state index is -3.72. The molecule has 2 aromatic rings. The van der Waals surface area contributed by atoms with Gasteiger partial charge in [-0.3, -0.25) is 4.79 Å². The van der Waals surface area contributed by atoms with Crippen LogP contribution in [-0.2, 0) is 16.4 Å². The number of nitrogens with zero attached hydrogens (tertiary/aromatic N) is 1. The van der Waals surface area contributed by atoms with E-state index in [9.17, 15) is 13.2 Å². The van der Waals surface area contributed by atoms with E-state index in [0.717, 1.165) is 25.2 Å². The Hall–Kier alpha value is -2.38. The maximum absolute atomic E-state index is 12.9. The number of hydrogen-bond acceptors (Lipinski definition) is 4. The fourth-order valence-corrected chi connectivity index (χ4v) is 4.97. The Morgan fingerprint density at radius 2 is 1.86 bits per heavy atom. The van der Waals surface area contributed by atoms with Crippen molar-refractivity contribution in [2.45, 2.75) is 51.5 Å². The van der Waals surface area contributed by atoms with E-state index in [1.165, 1.54) is 17.7 Å². The zero-order valence-corrected chi connectivity index (χ0v) is 18.5. The summed E-state index contributed by atoms with van der Waals surface area (Å²) in [6.07, 6.45) is 1.01. The largest absolute Gasteiger partial charge is 0.371 e. The Labute approximate surface area is 173 Å². The van der Waals surface area contributed by atoms with Crippen molar-refractivity contribution in [2.24, 2.45) is 0 Å². The van der Waals surface area contributed by atoms with Crippen LogP contribution in [0.25, 0.3) is 0 Å². The Kier molecular flexibility index (Phi) is 5.74. The number of benzene rings is 2. The van der Waals surface area contributed by atoms with E-state index in [2.05, 4.69) is 21.9 Å². The van der Waals surface area contributed by atoms with Gasteiger partial charge in [0.15, 0.2) is 0 Å². The molecular weight excluding hydrogens is 386 g/mol. The highest BCUT2D eigenvalue weighted by Crippen LogP contribution is 2.31. The summed E-state index contributed by atoms with van der Waals surface area (Å²) in [5.74, 6) is -0.323. The highest BCUT2D eigenvalue weighted by molar-refractivity contribution is 7.89. The molecule has 1 amide bonds. The second-order valence-electron chi connectivity index (χ2n) is 8.46. The van der Waals surface area contributed by atoms with Crippen LogP contribution >= 0.6 is 0 Å². The highest BCUT2D eigenvalue weighted by Gasteiger charge is 2.24. The average molecular weight is 416 g/mol. The first kappa shape index (κ1) is 21.3. The van der Waals surface area contributed by atoms with Crippen LogP contribution in [0.15, 0.2) is 41.3 Å². The van der Waals surface area contributed by atoms with Crippen molar-refractivity contribution in [1.82, 2.24) is 4.72 Å². The first-order valence-corrected chi connectivity index (χ1v) is 11.3. The summed E-state index contributed by atoms with van der Waals surface area (Å²) in [5, 5.41) is 2.92. The topological polar surface area (TPSA) is 78.5 Å². The molecule has 7 heteroatoms. The normalized spacial score (nSPS) is 14.0. The van der Waals surface area contributed by atoms with Crippen molar-refractivity contribution in [3.05, 3.63) is 53.1 Å². The molecule has 0 aliphatic carbocycles. The van der Waals surface area contributed by atoms with E-state index in [0.29, 0.717) is 16.8 Å². The van der Waals surface area contributed by atoms with Gasteiger partial charge in [0.1, 0.15) is 0 Å². The molecule has 1 aliphatic rings. The zero-order chi connectivity index (χ0) is 21.4. The maximum atomic E-state index is 12.9. The quantitative estimate of drug-likeness (QED) is 0.780. The van der Waals surface area contributed by atoms with Gasteiger partial charge in [0.25, 0.3) is 5.91 Å². The van der Waals surface area contributed by atoms with Gasteiger partial charge in [0, 0.05) is 35.6 Å². The third-order valence-electron chi connectivity index (χ3n) is 4.92. The van der Waals surface area contributed by atoms with Crippen LogP contribution in [0.1, 0.15) is 49.2 Å². The lowest BCUT2D eigenvalue weighted by atomic mass is 10.1. The molecule has 0 aromatic heterocycles. The minimum Gasteiger partial charge on any atom is -0.371 e. The number of sulfonamides is 1. The zero-order valence-electron chi connectivity index (χ0n) is 17.7. The van der Waals surface area contributed by atoms with E-state index >= 15 is 0 Å². The summed E-state index contributed by atoms with van der Waals surface area (Å²) < 4.78 is 27.9. The second-order valence-corrected chi connectivity index (χ2v) is 10.1. The van der Waals surface area contributed by atoms with Crippen molar-refractivity contribution in [3.8, 4) is 0 Å². The number of hydrogen-bond donors (Lipinski definition) is 2. The van der Waals surface area contributed by atoms with Crippen LogP contribution in [0.2, 0.25) is 0 Å². The third kappa shape index (κ3) is 4.79. The first-order valence-electron chi connectivity index (χ1n) is 9.84. The first-order chi connectivity index (χ1) is 13.5. The van der Waals surface area contributed by atoms with Crippen molar-refractivity contribution < 1.29 is 13.2 Å². The summed E-state index contributed by atoms with van der Waals surface area (Å²) in [6, 6.07) is 10.5. The maximum Gasteiger partial charge on any atom is 0.255 e. The number of aryl methyl sites for hydroxylation is 1. The Morgan fingerprint density at radius 1 is 1.14 bits per heavy atom. The number of rotatable bonds is 5. The molecule has 0 radical (unpaired) electrons. The van der Waals surface area contributed by atoms with Crippen molar-refractivity contribution in [1.29, 1.82) is 0 Å². The molecule has 0 atom stereocenters. The standard InChI is InChI=1S/C22H29N3O3S/c1-6-25-12-11-16-8-9-17(13-20(16)25)23-21(26)19-14-18(10-7-15(19)2)29(27,28)24-22(3,4)5/h7-10,13-14,24H,6,11-12H2,1-5H3,(H,23,26). The van der Waals surface area contributed by atoms with E-state index in [1.807, 2.05) is 18.2 Å². The summed E-state index contributed by atoms with van der Waals surface area (Å²) >= 11 is 0. The third-order valence-corrected chi connectivity index (χ3v) is 6.68. The molecule has 29 heavy (non-hydrogen) atoms. The van der Waals surface area contributed by atoms with Crippen molar-refractivity contribution >= 4 is 27.3 Å². The van der Waals surface area contributed by atoms with Crippen LogP contribution in [0, 0.1) is 6.92 Å². The number of anilines is 2. The molecule has 0 saturated carbocycles. The fourth-order valence-electron chi connectivity index (χ4n) is 3.53. The molecule has 1 aliphatic heterocycles. The van der Waals surface area contributed by atoms with Gasteiger partial charge in [-0.15, -0.1) is 0 Å². The lowest BCUT2D eigenvalue weighted by Gasteiger charge is -2.21. The van der Waals surface area contributed by atoms with Crippen molar-refractivity contribution in [3.63, 3.8) is 0 Å². The molecule has 0 spiro atoms. The molecule has 2 N–H and O–H groups in total. The lowest BCUT2D eigenvalue weighted by Crippen LogP contribution is -2.40. The van der Waals surface area contributed by atoms with Crippen LogP contribution in [0.3, 0.4) is 0 Å². The van der Waals surface area contributed by atoms with Crippen LogP contribution in [-0.4, -0.2) is 33.0 Å². The van der Waals surface area contributed by atoms with Crippen LogP contribution < -0.4 is 14.9 Å². The van der Waals surface area contributed by atoms with E-state index in [1.54, 1.807) is 33.8 Å². The van der Waals surface area contributed by atoms with E-state index < -0.39 is 15.6 Å². The van der Waals surface area contributed by atoms with Crippen molar-refractivity contribution in [2.75, 3.05) is 23.3 Å². The molecule has 6 nitrogen and oxygen atoms in total. The molecule has 2 aromatic carbocycles. The molecule has 0 fully saturated rings. The second kappa shape index (κ2) is 7.80.